The molecule has 130 valence electrons. The highest BCUT2D eigenvalue weighted by atomic mass is 32.1. The molecular weight excluding hydrogens is 330 g/mol. The maximum atomic E-state index is 6.00. The number of aliphatic imine (C=N–C) groups is 1. The standard InChI is InChI=1S/C19H23N5S/c1-14-12-15(2)24(23-14)18-8-4-3-6-16(18)13-22-19(20)21-10-9-17-7-5-11-25-17/h3-8,11-12H,9-10,13H2,1-2H3,(H3,20,21,22). The predicted molar refractivity (Wildman–Crippen MR) is 104 cm³/mol. The Bertz CT molecular complexity index is 849. The molecule has 6 heteroatoms. The molecule has 0 aliphatic rings. The van der Waals surface area contributed by atoms with Crippen molar-refractivity contribution < 1.29 is 0 Å². The van der Waals surface area contributed by atoms with Gasteiger partial charge in [0, 0.05) is 17.1 Å². The summed E-state index contributed by atoms with van der Waals surface area (Å²) in [6.45, 7) is 5.36. The van der Waals surface area contributed by atoms with Gasteiger partial charge < -0.3 is 11.1 Å². The van der Waals surface area contributed by atoms with E-state index in [-0.39, 0.29) is 0 Å². The molecule has 0 saturated heterocycles. The summed E-state index contributed by atoms with van der Waals surface area (Å²) < 4.78 is 1.96. The summed E-state index contributed by atoms with van der Waals surface area (Å²) in [5.41, 5.74) is 10.3. The van der Waals surface area contributed by atoms with Gasteiger partial charge in [-0.1, -0.05) is 24.3 Å². The number of aromatic nitrogens is 2. The Morgan fingerprint density at radius 2 is 2.08 bits per heavy atom. The molecule has 25 heavy (non-hydrogen) atoms. The lowest BCUT2D eigenvalue weighted by Gasteiger charge is -2.10. The minimum absolute atomic E-state index is 0.472. The molecule has 0 radical (unpaired) electrons. The van der Waals surface area contributed by atoms with Crippen molar-refractivity contribution >= 4 is 17.3 Å². The topological polar surface area (TPSA) is 68.2 Å². The molecule has 3 N–H and O–H groups in total. The van der Waals surface area contributed by atoms with Crippen molar-refractivity contribution in [2.75, 3.05) is 6.54 Å². The van der Waals surface area contributed by atoms with Crippen LogP contribution >= 0.6 is 11.3 Å². The second-order valence-corrected chi connectivity index (χ2v) is 6.96. The first-order valence-electron chi connectivity index (χ1n) is 8.31. The lowest BCUT2D eigenvalue weighted by molar-refractivity contribution is 0.814. The average molecular weight is 353 g/mol. The van der Waals surface area contributed by atoms with E-state index >= 15 is 0 Å². The van der Waals surface area contributed by atoms with E-state index in [0.717, 1.165) is 35.6 Å². The molecule has 2 aromatic heterocycles. The van der Waals surface area contributed by atoms with Crippen molar-refractivity contribution in [3.8, 4) is 5.69 Å². The van der Waals surface area contributed by atoms with Crippen molar-refractivity contribution in [1.29, 1.82) is 0 Å². The monoisotopic (exact) mass is 353 g/mol. The Morgan fingerprint density at radius 1 is 1.24 bits per heavy atom. The summed E-state index contributed by atoms with van der Waals surface area (Å²) in [5, 5.41) is 9.83. The molecule has 0 fully saturated rings. The van der Waals surface area contributed by atoms with Gasteiger partial charge in [0.25, 0.3) is 0 Å². The zero-order valence-electron chi connectivity index (χ0n) is 14.6. The fourth-order valence-electron chi connectivity index (χ4n) is 2.72. The largest absolute Gasteiger partial charge is 0.370 e. The van der Waals surface area contributed by atoms with Crippen LogP contribution in [0, 0.1) is 13.8 Å². The highest BCUT2D eigenvalue weighted by Crippen LogP contribution is 2.17. The molecule has 0 bridgehead atoms. The van der Waals surface area contributed by atoms with E-state index in [0.29, 0.717) is 12.5 Å². The number of aryl methyl sites for hydroxylation is 2. The van der Waals surface area contributed by atoms with E-state index in [9.17, 15) is 0 Å². The molecule has 3 aromatic rings. The Kier molecular flexibility index (Phi) is 5.50. The van der Waals surface area contributed by atoms with E-state index < -0.39 is 0 Å². The highest BCUT2D eigenvalue weighted by molar-refractivity contribution is 7.09. The van der Waals surface area contributed by atoms with Gasteiger partial charge in [0.1, 0.15) is 0 Å². The maximum absolute atomic E-state index is 6.00. The number of rotatable bonds is 6. The number of nitrogens with zero attached hydrogens (tertiary/aromatic N) is 3. The number of hydrogen-bond donors (Lipinski definition) is 2. The zero-order valence-corrected chi connectivity index (χ0v) is 15.4. The smallest absolute Gasteiger partial charge is 0.188 e. The van der Waals surface area contributed by atoms with Crippen molar-refractivity contribution in [2.24, 2.45) is 10.7 Å². The SMILES string of the molecule is Cc1cc(C)n(-c2ccccc2CN=C(N)NCCc2cccs2)n1. The molecule has 0 amide bonds. The number of para-hydroxylation sites is 1. The number of guanidine groups is 1. The van der Waals surface area contributed by atoms with Gasteiger partial charge in [-0.25, -0.2) is 9.67 Å². The molecule has 5 nitrogen and oxygen atoms in total. The third kappa shape index (κ3) is 4.48. The summed E-state index contributed by atoms with van der Waals surface area (Å²) in [4.78, 5) is 5.82. The fraction of sp³-hybridized carbons (Fsp3) is 0.263. The van der Waals surface area contributed by atoms with Gasteiger partial charge in [-0.15, -0.1) is 11.3 Å². The molecule has 0 saturated carbocycles. The van der Waals surface area contributed by atoms with E-state index in [1.54, 1.807) is 11.3 Å². The van der Waals surface area contributed by atoms with Crippen LogP contribution in [-0.4, -0.2) is 22.3 Å². The summed E-state index contributed by atoms with van der Waals surface area (Å²) in [5.74, 6) is 0.472. The third-order valence-electron chi connectivity index (χ3n) is 3.91. The molecule has 3 rings (SSSR count). The number of nitrogens with two attached hydrogens (primary N) is 1. The van der Waals surface area contributed by atoms with E-state index in [1.165, 1.54) is 4.88 Å². The minimum atomic E-state index is 0.472. The normalized spacial score (nSPS) is 11.7. The lowest BCUT2D eigenvalue weighted by Crippen LogP contribution is -2.33. The van der Waals surface area contributed by atoms with Crippen LogP contribution in [0.2, 0.25) is 0 Å². The molecular formula is C19H23N5S. The Hall–Kier alpha value is -2.60. The van der Waals surface area contributed by atoms with Gasteiger partial charge in [-0.3, -0.25) is 0 Å². The predicted octanol–water partition coefficient (Wildman–Crippen LogP) is 3.20. The second kappa shape index (κ2) is 7.98. The Labute approximate surface area is 152 Å². The Balaban J connectivity index is 1.65. The summed E-state index contributed by atoms with van der Waals surface area (Å²) in [6.07, 6.45) is 0.955. The quantitative estimate of drug-likeness (QED) is 0.528. The first kappa shape index (κ1) is 17.2. The molecule has 0 atom stereocenters. The van der Waals surface area contributed by atoms with Crippen molar-refractivity contribution in [2.45, 2.75) is 26.8 Å². The van der Waals surface area contributed by atoms with Crippen LogP contribution in [0.25, 0.3) is 5.69 Å². The van der Waals surface area contributed by atoms with Crippen LogP contribution in [0.4, 0.5) is 0 Å². The molecule has 0 aliphatic heterocycles. The van der Waals surface area contributed by atoms with Gasteiger partial charge in [0.2, 0.25) is 0 Å². The molecule has 0 unspecified atom stereocenters. The van der Waals surface area contributed by atoms with Gasteiger partial charge in [-0.2, -0.15) is 5.10 Å². The molecule has 0 aliphatic carbocycles. The van der Waals surface area contributed by atoms with Crippen LogP contribution in [0.1, 0.15) is 21.8 Å². The first-order valence-corrected chi connectivity index (χ1v) is 9.19. The number of nitrogens with one attached hydrogen (secondary N) is 1. The Morgan fingerprint density at radius 3 is 2.80 bits per heavy atom. The maximum Gasteiger partial charge on any atom is 0.188 e. The van der Waals surface area contributed by atoms with Crippen LogP contribution in [0.5, 0.6) is 0 Å². The molecule has 1 aromatic carbocycles. The van der Waals surface area contributed by atoms with Gasteiger partial charge in [0.15, 0.2) is 5.96 Å². The highest BCUT2D eigenvalue weighted by Gasteiger charge is 2.08. The van der Waals surface area contributed by atoms with Crippen molar-refractivity contribution in [3.05, 3.63) is 69.7 Å². The van der Waals surface area contributed by atoms with Crippen LogP contribution < -0.4 is 11.1 Å². The summed E-state index contributed by atoms with van der Waals surface area (Å²) >= 11 is 1.76. The number of thiophene rings is 1. The zero-order chi connectivity index (χ0) is 17.6. The fourth-order valence-corrected chi connectivity index (χ4v) is 3.43. The van der Waals surface area contributed by atoms with Crippen molar-refractivity contribution in [1.82, 2.24) is 15.1 Å². The van der Waals surface area contributed by atoms with E-state index in [4.69, 9.17) is 5.73 Å². The van der Waals surface area contributed by atoms with Crippen LogP contribution in [-0.2, 0) is 13.0 Å². The van der Waals surface area contributed by atoms with Crippen LogP contribution in [0.15, 0.2) is 52.8 Å². The molecule has 2 heterocycles. The molecule has 0 spiro atoms. The third-order valence-corrected chi connectivity index (χ3v) is 4.84. The van der Waals surface area contributed by atoms with Crippen LogP contribution in [0.3, 0.4) is 0 Å². The summed E-state index contributed by atoms with van der Waals surface area (Å²) in [7, 11) is 0. The lowest BCUT2D eigenvalue weighted by atomic mass is 10.2. The van der Waals surface area contributed by atoms with Gasteiger partial charge in [0.05, 0.1) is 17.9 Å². The van der Waals surface area contributed by atoms with Crippen molar-refractivity contribution in [3.63, 3.8) is 0 Å². The minimum Gasteiger partial charge on any atom is -0.370 e. The second-order valence-electron chi connectivity index (χ2n) is 5.93. The number of hydrogen-bond acceptors (Lipinski definition) is 3. The van der Waals surface area contributed by atoms with E-state index in [2.05, 4.69) is 58.0 Å². The number of benzene rings is 1. The summed E-state index contributed by atoms with van der Waals surface area (Å²) in [6, 6.07) is 14.4. The first-order chi connectivity index (χ1) is 12.1. The van der Waals surface area contributed by atoms with E-state index in [1.807, 2.05) is 23.7 Å². The average Bonchev–Trinajstić information content (AvgIpc) is 3.22. The van der Waals surface area contributed by atoms with Gasteiger partial charge >= 0.3 is 0 Å². The van der Waals surface area contributed by atoms with Gasteiger partial charge in [-0.05, 0) is 49.4 Å².